The number of nitrogens with zero attached hydrogens (tertiary/aromatic N) is 2. The van der Waals surface area contributed by atoms with Gasteiger partial charge in [0.2, 0.25) is 0 Å². The highest BCUT2D eigenvalue weighted by atomic mass is 16.5. The summed E-state index contributed by atoms with van der Waals surface area (Å²) in [4.78, 5) is 19.0. The molecule has 3 heterocycles. The molecule has 0 radical (unpaired) electrons. The third-order valence-electron chi connectivity index (χ3n) is 5.45. The molecule has 1 aromatic heterocycles. The van der Waals surface area contributed by atoms with E-state index < -0.39 is 0 Å². The van der Waals surface area contributed by atoms with E-state index in [-0.39, 0.29) is 24.2 Å². The van der Waals surface area contributed by atoms with Gasteiger partial charge >= 0.3 is 0 Å². The number of ether oxygens (including phenoxy) is 3. The Morgan fingerprint density at radius 3 is 3.04 bits per heavy atom. The molecule has 4 rings (SSSR count). The predicted molar refractivity (Wildman–Crippen MR) is 90.8 cm³/mol. The van der Waals surface area contributed by atoms with Crippen molar-refractivity contribution in [2.75, 3.05) is 26.4 Å². The molecular formula is C19H26N2O4. The van der Waals surface area contributed by atoms with Crippen LogP contribution in [0.2, 0.25) is 0 Å². The summed E-state index contributed by atoms with van der Waals surface area (Å²) >= 11 is 0. The maximum atomic E-state index is 12.8. The van der Waals surface area contributed by atoms with Crippen LogP contribution in [0.5, 0.6) is 0 Å². The normalized spacial score (nSPS) is 31.9. The van der Waals surface area contributed by atoms with Gasteiger partial charge in [-0.1, -0.05) is 6.07 Å². The minimum Gasteiger partial charge on any atom is -0.375 e. The second-order valence-corrected chi connectivity index (χ2v) is 7.18. The Hall–Kier alpha value is -1.50. The van der Waals surface area contributed by atoms with Crippen molar-refractivity contribution in [2.45, 2.75) is 50.5 Å². The first-order valence-corrected chi connectivity index (χ1v) is 9.32. The highest BCUT2D eigenvalue weighted by Crippen LogP contribution is 2.35. The van der Waals surface area contributed by atoms with E-state index in [4.69, 9.17) is 14.2 Å². The fourth-order valence-corrected chi connectivity index (χ4v) is 4.23. The third kappa shape index (κ3) is 3.86. The Balaban J connectivity index is 1.30. The van der Waals surface area contributed by atoms with E-state index in [0.717, 1.165) is 31.4 Å². The number of hydrogen-bond acceptors (Lipinski definition) is 5. The molecule has 1 aromatic rings. The summed E-state index contributed by atoms with van der Waals surface area (Å²) in [6, 6.07) is 6.02. The Morgan fingerprint density at radius 1 is 1.28 bits per heavy atom. The van der Waals surface area contributed by atoms with Crippen LogP contribution in [0.1, 0.15) is 31.4 Å². The molecule has 1 saturated carbocycles. The topological polar surface area (TPSA) is 60.9 Å². The first-order chi connectivity index (χ1) is 12.3. The Kier molecular flexibility index (Phi) is 5.29. The molecule has 0 aromatic carbocycles. The van der Waals surface area contributed by atoms with Crippen LogP contribution in [-0.4, -0.2) is 60.4 Å². The van der Waals surface area contributed by atoms with E-state index in [1.807, 2.05) is 23.1 Å². The molecule has 6 nitrogen and oxygen atoms in total. The zero-order valence-corrected chi connectivity index (χ0v) is 14.5. The average molecular weight is 346 g/mol. The number of pyridine rings is 1. The van der Waals surface area contributed by atoms with E-state index in [2.05, 4.69) is 4.98 Å². The van der Waals surface area contributed by atoms with Crippen molar-refractivity contribution in [3.05, 3.63) is 30.1 Å². The van der Waals surface area contributed by atoms with Crippen molar-refractivity contribution in [3.63, 3.8) is 0 Å². The number of morpholine rings is 1. The number of carbonyl (C=O) groups excluding carboxylic acids is 1. The lowest BCUT2D eigenvalue weighted by Crippen LogP contribution is -2.54. The molecule has 0 unspecified atom stereocenters. The first-order valence-electron chi connectivity index (χ1n) is 9.32. The summed E-state index contributed by atoms with van der Waals surface area (Å²) in [6.45, 7) is 3.24. The maximum Gasteiger partial charge on any atom is 0.252 e. The van der Waals surface area contributed by atoms with Gasteiger partial charge in [0.25, 0.3) is 5.91 Å². The molecule has 136 valence electrons. The summed E-state index contributed by atoms with van der Waals surface area (Å²) in [6.07, 6.45) is 5.43. The van der Waals surface area contributed by atoms with Crippen LogP contribution in [0.25, 0.3) is 0 Å². The van der Waals surface area contributed by atoms with Gasteiger partial charge in [-0.2, -0.15) is 0 Å². The molecule has 2 aliphatic heterocycles. The minimum absolute atomic E-state index is 0.141. The Bertz CT molecular complexity index is 576. The molecule has 4 atom stereocenters. The van der Waals surface area contributed by atoms with Crippen LogP contribution >= 0.6 is 0 Å². The molecule has 25 heavy (non-hydrogen) atoms. The molecule has 0 spiro atoms. The van der Waals surface area contributed by atoms with Gasteiger partial charge < -0.3 is 19.1 Å². The number of fused-ring (bicyclic) bond motifs is 1. The molecular weight excluding hydrogens is 320 g/mol. The largest absolute Gasteiger partial charge is 0.375 e. The summed E-state index contributed by atoms with van der Waals surface area (Å²) in [5.41, 5.74) is 0.948. The monoisotopic (exact) mass is 346 g/mol. The van der Waals surface area contributed by atoms with Crippen LogP contribution < -0.4 is 0 Å². The SMILES string of the molecule is O=C([C@H]1CCCO1)N1CCO[C@@H]2C[C@@H](COCc3ccccn3)C[C@@H]21. The van der Waals surface area contributed by atoms with Gasteiger partial charge in [0.1, 0.15) is 6.10 Å². The molecule has 6 heteroatoms. The van der Waals surface area contributed by atoms with Crippen LogP contribution in [0.3, 0.4) is 0 Å². The van der Waals surface area contributed by atoms with Crippen molar-refractivity contribution in [1.82, 2.24) is 9.88 Å². The first kappa shape index (κ1) is 16.9. The van der Waals surface area contributed by atoms with Crippen molar-refractivity contribution in [2.24, 2.45) is 5.92 Å². The molecule has 1 amide bonds. The Morgan fingerprint density at radius 2 is 2.24 bits per heavy atom. The van der Waals surface area contributed by atoms with Gasteiger partial charge in [-0.3, -0.25) is 9.78 Å². The van der Waals surface area contributed by atoms with Gasteiger partial charge in [-0.15, -0.1) is 0 Å². The number of carbonyl (C=O) groups is 1. The highest BCUT2D eigenvalue weighted by Gasteiger charge is 2.44. The second-order valence-electron chi connectivity index (χ2n) is 7.18. The number of rotatable bonds is 5. The second kappa shape index (κ2) is 7.81. The summed E-state index contributed by atoms with van der Waals surface area (Å²) in [5, 5.41) is 0. The molecule has 3 fully saturated rings. The summed E-state index contributed by atoms with van der Waals surface area (Å²) in [5.74, 6) is 0.586. The van der Waals surface area contributed by atoms with Crippen molar-refractivity contribution >= 4 is 5.91 Å². The van der Waals surface area contributed by atoms with Gasteiger partial charge in [0, 0.05) is 19.3 Å². The number of amides is 1. The standard InChI is InChI=1S/C19H26N2O4/c22-19(17-5-3-8-24-17)21-7-9-25-18-11-14(10-16(18)21)12-23-13-15-4-1-2-6-20-15/h1-2,4,6,14,16-18H,3,5,7-13H2/t14-,16-,17+,18+/m0/s1. The van der Waals surface area contributed by atoms with Crippen LogP contribution in [0.4, 0.5) is 0 Å². The van der Waals surface area contributed by atoms with Crippen LogP contribution in [0.15, 0.2) is 24.4 Å². The maximum absolute atomic E-state index is 12.8. The van der Waals surface area contributed by atoms with E-state index in [1.165, 1.54) is 0 Å². The van der Waals surface area contributed by atoms with E-state index in [1.54, 1.807) is 6.20 Å². The van der Waals surface area contributed by atoms with E-state index in [0.29, 0.717) is 38.9 Å². The number of aromatic nitrogens is 1. The van der Waals surface area contributed by atoms with Gasteiger partial charge in [0.05, 0.1) is 37.7 Å². The highest BCUT2D eigenvalue weighted by molar-refractivity contribution is 5.81. The fraction of sp³-hybridized carbons (Fsp3) is 0.684. The fourth-order valence-electron chi connectivity index (χ4n) is 4.23. The van der Waals surface area contributed by atoms with Gasteiger partial charge in [-0.05, 0) is 43.7 Å². The smallest absolute Gasteiger partial charge is 0.252 e. The van der Waals surface area contributed by atoms with Crippen molar-refractivity contribution in [3.8, 4) is 0 Å². The Labute approximate surface area is 148 Å². The molecule has 1 aliphatic carbocycles. The zero-order chi connectivity index (χ0) is 17.1. The van der Waals surface area contributed by atoms with Crippen molar-refractivity contribution < 1.29 is 19.0 Å². The van der Waals surface area contributed by atoms with Gasteiger partial charge in [-0.25, -0.2) is 0 Å². The molecule has 3 aliphatic rings. The number of hydrogen-bond donors (Lipinski definition) is 0. The quantitative estimate of drug-likeness (QED) is 0.813. The molecule has 0 N–H and O–H groups in total. The van der Waals surface area contributed by atoms with E-state index >= 15 is 0 Å². The summed E-state index contributed by atoms with van der Waals surface area (Å²) < 4.78 is 17.4. The third-order valence-corrected chi connectivity index (χ3v) is 5.45. The minimum atomic E-state index is -0.238. The predicted octanol–water partition coefficient (Wildman–Crippen LogP) is 1.78. The lowest BCUT2D eigenvalue weighted by atomic mass is 10.1. The molecule has 0 bridgehead atoms. The van der Waals surface area contributed by atoms with Crippen LogP contribution in [-0.2, 0) is 25.6 Å². The molecule has 2 saturated heterocycles. The van der Waals surface area contributed by atoms with Crippen molar-refractivity contribution in [1.29, 1.82) is 0 Å². The van der Waals surface area contributed by atoms with Gasteiger partial charge in [0.15, 0.2) is 0 Å². The van der Waals surface area contributed by atoms with Crippen LogP contribution in [0, 0.1) is 5.92 Å². The lowest BCUT2D eigenvalue weighted by Gasteiger charge is -2.38. The average Bonchev–Trinajstić information content (AvgIpc) is 3.31. The summed E-state index contributed by atoms with van der Waals surface area (Å²) in [7, 11) is 0. The zero-order valence-electron chi connectivity index (χ0n) is 14.5. The lowest BCUT2D eigenvalue weighted by molar-refractivity contribution is -0.153. The van der Waals surface area contributed by atoms with E-state index in [9.17, 15) is 4.79 Å².